The van der Waals surface area contributed by atoms with Gasteiger partial charge in [0.05, 0.1) is 11.2 Å². The molecule has 0 spiro atoms. The Bertz CT molecular complexity index is 368. The minimum atomic E-state index is 0.119. The van der Waals surface area contributed by atoms with E-state index in [2.05, 4.69) is 38.4 Å². The average molecular weight is 252 g/mol. The van der Waals surface area contributed by atoms with Crippen LogP contribution in [-0.2, 0) is 5.54 Å². The van der Waals surface area contributed by atoms with Gasteiger partial charge in [0.15, 0.2) is 0 Å². The SMILES string of the molecule is CCCNC(C)(c1nc(C(C)C)cs1)C1CC1. The van der Waals surface area contributed by atoms with Crippen molar-refractivity contribution in [2.45, 2.75) is 58.4 Å². The van der Waals surface area contributed by atoms with Gasteiger partial charge in [-0.1, -0.05) is 20.8 Å². The Morgan fingerprint density at radius 1 is 1.53 bits per heavy atom. The third-order valence-corrected chi connectivity index (χ3v) is 4.79. The van der Waals surface area contributed by atoms with Crippen LogP contribution in [0, 0.1) is 5.92 Å². The lowest BCUT2D eigenvalue weighted by atomic mass is 9.96. The molecule has 96 valence electrons. The van der Waals surface area contributed by atoms with Gasteiger partial charge in [-0.05, 0) is 44.6 Å². The van der Waals surface area contributed by atoms with Gasteiger partial charge in [-0.15, -0.1) is 11.3 Å². The fourth-order valence-electron chi connectivity index (χ4n) is 2.23. The van der Waals surface area contributed by atoms with Gasteiger partial charge in [0.25, 0.3) is 0 Å². The summed E-state index contributed by atoms with van der Waals surface area (Å²) in [6.45, 7) is 10.1. The van der Waals surface area contributed by atoms with Crippen LogP contribution < -0.4 is 5.32 Å². The summed E-state index contributed by atoms with van der Waals surface area (Å²) in [5.41, 5.74) is 1.36. The number of rotatable bonds is 6. The first-order valence-corrected chi connectivity index (χ1v) is 7.66. The summed E-state index contributed by atoms with van der Waals surface area (Å²) in [6.07, 6.45) is 3.89. The smallest absolute Gasteiger partial charge is 0.113 e. The van der Waals surface area contributed by atoms with Crippen LogP contribution in [0.15, 0.2) is 5.38 Å². The first kappa shape index (κ1) is 13.0. The van der Waals surface area contributed by atoms with Crippen molar-refractivity contribution in [3.63, 3.8) is 0 Å². The predicted octanol–water partition coefficient (Wildman–Crippen LogP) is 3.89. The Labute approximate surface area is 109 Å². The van der Waals surface area contributed by atoms with Crippen LogP contribution in [0.2, 0.25) is 0 Å². The normalized spacial score (nSPS) is 19.6. The number of nitrogens with one attached hydrogen (secondary N) is 1. The maximum Gasteiger partial charge on any atom is 0.113 e. The van der Waals surface area contributed by atoms with Gasteiger partial charge < -0.3 is 5.32 Å². The molecule has 0 aromatic carbocycles. The highest BCUT2D eigenvalue weighted by atomic mass is 32.1. The summed E-state index contributed by atoms with van der Waals surface area (Å²) in [7, 11) is 0. The van der Waals surface area contributed by atoms with E-state index in [9.17, 15) is 0 Å². The molecule has 0 aliphatic heterocycles. The lowest BCUT2D eigenvalue weighted by molar-refractivity contribution is 0.317. The van der Waals surface area contributed by atoms with E-state index in [-0.39, 0.29) is 5.54 Å². The van der Waals surface area contributed by atoms with Crippen LogP contribution in [0.25, 0.3) is 0 Å². The van der Waals surface area contributed by atoms with Crippen LogP contribution in [-0.4, -0.2) is 11.5 Å². The molecule has 17 heavy (non-hydrogen) atoms. The Balaban J connectivity index is 2.19. The second-order valence-corrected chi connectivity index (χ2v) is 6.49. The van der Waals surface area contributed by atoms with Gasteiger partial charge >= 0.3 is 0 Å². The molecule has 0 radical (unpaired) electrons. The Morgan fingerprint density at radius 3 is 2.71 bits per heavy atom. The largest absolute Gasteiger partial charge is 0.305 e. The molecule has 1 fully saturated rings. The molecule has 1 aliphatic rings. The van der Waals surface area contributed by atoms with E-state index >= 15 is 0 Å². The van der Waals surface area contributed by atoms with Crippen molar-refractivity contribution in [2.24, 2.45) is 5.92 Å². The fraction of sp³-hybridized carbons (Fsp3) is 0.786. The van der Waals surface area contributed by atoms with Crippen molar-refractivity contribution in [2.75, 3.05) is 6.54 Å². The molecule has 1 heterocycles. The van der Waals surface area contributed by atoms with Gasteiger partial charge in [-0.2, -0.15) is 0 Å². The Hall–Kier alpha value is -0.410. The van der Waals surface area contributed by atoms with Crippen LogP contribution in [0.1, 0.15) is 63.6 Å². The van der Waals surface area contributed by atoms with Crippen LogP contribution in [0.4, 0.5) is 0 Å². The van der Waals surface area contributed by atoms with Crippen LogP contribution in [0.5, 0.6) is 0 Å². The minimum Gasteiger partial charge on any atom is -0.305 e. The third-order valence-electron chi connectivity index (χ3n) is 3.69. The molecule has 1 aromatic rings. The van der Waals surface area contributed by atoms with Crippen molar-refractivity contribution in [3.8, 4) is 0 Å². The van der Waals surface area contributed by atoms with Gasteiger partial charge in [0.2, 0.25) is 0 Å². The summed E-state index contributed by atoms with van der Waals surface area (Å²) in [5, 5.41) is 7.24. The highest BCUT2D eigenvalue weighted by Gasteiger charge is 2.44. The molecule has 3 heteroatoms. The maximum atomic E-state index is 4.85. The third kappa shape index (κ3) is 2.71. The van der Waals surface area contributed by atoms with Crippen molar-refractivity contribution in [3.05, 3.63) is 16.1 Å². The van der Waals surface area contributed by atoms with E-state index in [1.807, 2.05) is 11.3 Å². The first-order valence-electron chi connectivity index (χ1n) is 6.78. The number of aromatic nitrogens is 1. The molecule has 1 aromatic heterocycles. The molecule has 1 N–H and O–H groups in total. The second kappa shape index (κ2) is 5.07. The molecule has 1 aliphatic carbocycles. The summed E-state index contributed by atoms with van der Waals surface area (Å²) in [5.74, 6) is 1.33. The van der Waals surface area contributed by atoms with E-state index in [4.69, 9.17) is 4.98 Å². The van der Waals surface area contributed by atoms with Crippen LogP contribution in [0.3, 0.4) is 0 Å². The monoisotopic (exact) mass is 252 g/mol. The first-order chi connectivity index (χ1) is 8.08. The quantitative estimate of drug-likeness (QED) is 0.831. The topological polar surface area (TPSA) is 24.9 Å². The fourth-order valence-corrected chi connectivity index (χ4v) is 3.43. The lowest BCUT2D eigenvalue weighted by Gasteiger charge is -2.29. The molecule has 1 atom stereocenters. The highest BCUT2D eigenvalue weighted by Crippen LogP contribution is 2.46. The van der Waals surface area contributed by atoms with Crippen molar-refractivity contribution >= 4 is 11.3 Å². The predicted molar refractivity (Wildman–Crippen MR) is 74.6 cm³/mol. The molecule has 2 nitrogen and oxygen atoms in total. The zero-order valence-corrected chi connectivity index (χ0v) is 12.2. The number of nitrogens with zero attached hydrogens (tertiary/aromatic N) is 1. The molecule has 0 saturated heterocycles. The Kier molecular flexibility index (Phi) is 3.88. The summed E-state index contributed by atoms with van der Waals surface area (Å²) < 4.78 is 0. The lowest BCUT2D eigenvalue weighted by Crippen LogP contribution is -2.42. The number of hydrogen-bond donors (Lipinski definition) is 1. The van der Waals surface area contributed by atoms with E-state index in [1.54, 1.807) is 0 Å². The zero-order chi connectivity index (χ0) is 12.5. The van der Waals surface area contributed by atoms with E-state index < -0.39 is 0 Å². The van der Waals surface area contributed by atoms with E-state index in [1.165, 1.54) is 30.0 Å². The molecular weight excluding hydrogens is 228 g/mol. The Morgan fingerprint density at radius 2 is 2.24 bits per heavy atom. The second-order valence-electron chi connectivity index (χ2n) is 5.64. The van der Waals surface area contributed by atoms with Crippen molar-refractivity contribution in [1.29, 1.82) is 0 Å². The van der Waals surface area contributed by atoms with Gasteiger partial charge in [0.1, 0.15) is 5.01 Å². The highest BCUT2D eigenvalue weighted by molar-refractivity contribution is 7.09. The summed E-state index contributed by atoms with van der Waals surface area (Å²) >= 11 is 1.83. The van der Waals surface area contributed by atoms with Gasteiger partial charge in [-0.3, -0.25) is 0 Å². The summed E-state index contributed by atoms with van der Waals surface area (Å²) in [4.78, 5) is 4.85. The number of hydrogen-bond acceptors (Lipinski definition) is 3. The zero-order valence-electron chi connectivity index (χ0n) is 11.4. The molecule has 2 rings (SSSR count). The summed E-state index contributed by atoms with van der Waals surface area (Å²) in [6, 6.07) is 0. The standard InChI is InChI=1S/C14H24N2S/c1-5-8-15-14(4,11-6-7-11)13-16-12(9-17-13)10(2)3/h9-11,15H,5-8H2,1-4H3. The molecular formula is C14H24N2S. The van der Waals surface area contributed by atoms with Gasteiger partial charge in [-0.25, -0.2) is 4.98 Å². The molecule has 1 saturated carbocycles. The number of thiazole rings is 1. The van der Waals surface area contributed by atoms with Gasteiger partial charge in [0, 0.05) is 5.38 Å². The molecule has 0 amide bonds. The van der Waals surface area contributed by atoms with Crippen LogP contribution >= 0.6 is 11.3 Å². The maximum absolute atomic E-state index is 4.85. The molecule has 1 unspecified atom stereocenters. The molecule has 0 bridgehead atoms. The van der Waals surface area contributed by atoms with E-state index in [0.717, 1.165) is 12.5 Å². The van der Waals surface area contributed by atoms with Crippen molar-refractivity contribution < 1.29 is 0 Å². The van der Waals surface area contributed by atoms with Crippen molar-refractivity contribution in [1.82, 2.24) is 10.3 Å². The van der Waals surface area contributed by atoms with E-state index in [0.29, 0.717) is 5.92 Å². The minimum absolute atomic E-state index is 0.119. The average Bonchev–Trinajstić information content (AvgIpc) is 3.03.